The molecule has 2 heterocycles. The number of benzene rings is 1. The van der Waals surface area contributed by atoms with Crippen LogP contribution in [0.1, 0.15) is 85.8 Å². The minimum atomic E-state index is -1.85. The molecule has 0 amide bonds. The largest absolute Gasteiger partial charge is 0.459 e. The fraction of sp³-hybridized carbons (Fsp3) is 0.763. The zero-order chi connectivity index (χ0) is 37.0. The van der Waals surface area contributed by atoms with E-state index in [0.717, 1.165) is 11.1 Å². The van der Waals surface area contributed by atoms with E-state index in [2.05, 4.69) is 0 Å². The van der Waals surface area contributed by atoms with E-state index in [1.54, 1.807) is 21.0 Å². The highest BCUT2D eigenvalue weighted by Gasteiger charge is 2.51. The van der Waals surface area contributed by atoms with E-state index in [1.807, 2.05) is 77.9 Å². The molecule has 0 bridgehead atoms. The molecule has 0 spiro atoms. The summed E-state index contributed by atoms with van der Waals surface area (Å²) in [4.78, 5) is 34.6. The first-order chi connectivity index (χ1) is 22.8. The number of ketones is 1. The molecule has 1 aromatic carbocycles. The van der Waals surface area contributed by atoms with Crippen molar-refractivity contribution in [3.63, 3.8) is 0 Å². The molecule has 3 N–H and O–H groups in total. The Labute approximate surface area is 293 Å². The molecule has 278 valence electrons. The molecule has 0 aromatic heterocycles. The van der Waals surface area contributed by atoms with Gasteiger partial charge in [0.25, 0.3) is 0 Å². The first kappa shape index (κ1) is 41.2. The van der Waals surface area contributed by atoms with E-state index in [1.165, 1.54) is 13.8 Å². The Morgan fingerprint density at radius 1 is 1.02 bits per heavy atom. The smallest absolute Gasteiger partial charge is 0.316 e. The van der Waals surface area contributed by atoms with Gasteiger partial charge in [0.15, 0.2) is 12.1 Å². The number of esters is 1. The number of rotatable bonds is 7. The van der Waals surface area contributed by atoms with Gasteiger partial charge in [-0.3, -0.25) is 14.6 Å². The lowest BCUT2D eigenvalue weighted by Gasteiger charge is -2.47. The van der Waals surface area contributed by atoms with Crippen molar-refractivity contribution in [2.75, 3.05) is 21.2 Å². The molecular weight excluding hydrogens is 628 g/mol. The zero-order valence-corrected chi connectivity index (χ0v) is 31.7. The van der Waals surface area contributed by atoms with Crippen LogP contribution in [0, 0.1) is 30.6 Å². The molecule has 0 radical (unpaired) electrons. The second kappa shape index (κ2) is 16.8. The predicted octanol–water partition coefficient (Wildman–Crippen LogP) is 4.10. The van der Waals surface area contributed by atoms with Crippen LogP contribution in [0.25, 0.3) is 0 Å². The van der Waals surface area contributed by atoms with Gasteiger partial charge >= 0.3 is 5.97 Å². The summed E-state index contributed by atoms with van der Waals surface area (Å²) in [7, 11) is 5.32. The minimum Gasteiger partial charge on any atom is -0.459 e. The molecule has 0 saturated carbocycles. The second-order valence-corrected chi connectivity index (χ2v) is 15.2. The maximum absolute atomic E-state index is 14.1. The Kier molecular flexibility index (Phi) is 14.2. The van der Waals surface area contributed by atoms with Crippen LogP contribution in [-0.4, -0.2) is 113 Å². The van der Waals surface area contributed by atoms with E-state index < -0.39 is 71.4 Å². The number of aliphatic hydroxyl groups is 3. The quantitative estimate of drug-likeness (QED) is 0.282. The number of ether oxygens (including phenoxy) is 4. The standard InChI is InChI=1S/C38H62N2O9/c1-13-29-38(9,45)33(43)24(5)30(39-20-27-16-14-21(2)15-17-27)22(3)19-37(8,46-12)34(25(6)31(41)26(7)35(44)48-29)49-36-32(42)28(40(10)11)18-23(4)47-36/h14-17,22-26,28-29,32-34,36,42-43,45H,13,18-20H2,1-12H3/t22-,23-,24+,25+,26-,28+,29?,32-,33-,34-,36+,37-,38-/m1/s1. The third kappa shape index (κ3) is 9.36. The molecule has 1 unspecified atom stereocenters. The van der Waals surface area contributed by atoms with Crippen molar-refractivity contribution in [1.82, 2.24) is 4.90 Å². The van der Waals surface area contributed by atoms with E-state index >= 15 is 0 Å². The number of methoxy groups -OCH3 is 1. The number of nitrogens with zero attached hydrogens (tertiary/aromatic N) is 2. The summed E-state index contributed by atoms with van der Waals surface area (Å²) >= 11 is 0. The highest BCUT2D eigenvalue weighted by molar-refractivity contribution is 6.00. The predicted molar refractivity (Wildman–Crippen MR) is 188 cm³/mol. The number of Topliss-reactive ketones (excluding diaryl/α,β-unsaturated/α-hetero) is 1. The van der Waals surface area contributed by atoms with Gasteiger partial charge in [-0.2, -0.15) is 0 Å². The molecule has 2 saturated heterocycles. The van der Waals surface area contributed by atoms with Crippen LogP contribution < -0.4 is 0 Å². The third-order valence-electron chi connectivity index (χ3n) is 10.9. The van der Waals surface area contributed by atoms with Gasteiger partial charge in [0.1, 0.15) is 23.7 Å². The minimum absolute atomic E-state index is 0.208. The van der Waals surface area contributed by atoms with Crippen LogP contribution >= 0.6 is 0 Å². The fourth-order valence-electron chi connectivity index (χ4n) is 7.62. The SMILES string of the molecule is CCC1OC(=O)[C@H](C)C(=O)[C@H](C)[C@@H](O[C@@H]2O[C@H](C)C[C@H](N(C)C)[C@H]2O)[C@](C)(OC)C[C@@H](C)C(=NCc2ccc(C)cc2)[C@H](C)[C@@H](O)[C@]1(C)O. The molecule has 2 aliphatic rings. The Morgan fingerprint density at radius 3 is 2.18 bits per heavy atom. The molecule has 11 heteroatoms. The summed E-state index contributed by atoms with van der Waals surface area (Å²) < 4.78 is 24.8. The summed E-state index contributed by atoms with van der Waals surface area (Å²) in [6.07, 6.45) is -4.65. The van der Waals surface area contributed by atoms with Crippen LogP contribution in [0.5, 0.6) is 0 Å². The van der Waals surface area contributed by atoms with Crippen molar-refractivity contribution in [1.29, 1.82) is 0 Å². The lowest BCUT2D eigenvalue weighted by atomic mass is 9.74. The van der Waals surface area contributed by atoms with Gasteiger partial charge in [0.05, 0.1) is 30.5 Å². The number of aliphatic hydroxyl groups excluding tert-OH is 2. The molecular formula is C38H62N2O9. The van der Waals surface area contributed by atoms with Gasteiger partial charge in [-0.1, -0.05) is 57.5 Å². The number of hydrogen-bond donors (Lipinski definition) is 3. The van der Waals surface area contributed by atoms with Crippen LogP contribution in [0.15, 0.2) is 29.3 Å². The van der Waals surface area contributed by atoms with Crippen LogP contribution in [-0.2, 0) is 35.1 Å². The Balaban J connectivity index is 2.17. The monoisotopic (exact) mass is 690 g/mol. The summed E-state index contributed by atoms with van der Waals surface area (Å²) in [5, 5.41) is 34.9. The van der Waals surface area contributed by atoms with Crippen molar-refractivity contribution < 1.29 is 43.9 Å². The molecule has 1 aromatic rings. The second-order valence-electron chi connectivity index (χ2n) is 15.2. The normalized spacial score (nSPS) is 41.1. The van der Waals surface area contributed by atoms with Gasteiger partial charge in [-0.05, 0) is 79.5 Å². The number of aryl methyl sites for hydroxylation is 1. The summed E-state index contributed by atoms with van der Waals surface area (Å²) in [5.41, 5.74) is -0.270. The maximum Gasteiger partial charge on any atom is 0.316 e. The van der Waals surface area contributed by atoms with Crippen LogP contribution in [0.4, 0.5) is 0 Å². The van der Waals surface area contributed by atoms with Crippen LogP contribution in [0.3, 0.4) is 0 Å². The lowest BCUT2D eigenvalue weighted by Crippen LogP contribution is -2.60. The van der Waals surface area contributed by atoms with Crippen molar-refractivity contribution in [2.24, 2.45) is 28.7 Å². The number of hydrogen-bond acceptors (Lipinski definition) is 11. The third-order valence-corrected chi connectivity index (χ3v) is 10.9. The topological polar surface area (TPSA) is 147 Å². The van der Waals surface area contributed by atoms with Gasteiger partial charge < -0.3 is 39.2 Å². The van der Waals surface area contributed by atoms with Gasteiger partial charge in [-0.15, -0.1) is 0 Å². The summed E-state index contributed by atoms with van der Waals surface area (Å²) in [5.74, 6) is -4.35. The van der Waals surface area contributed by atoms with Crippen molar-refractivity contribution >= 4 is 17.5 Å². The summed E-state index contributed by atoms with van der Waals surface area (Å²) in [6.45, 7) is 16.3. The first-order valence-electron chi connectivity index (χ1n) is 17.7. The van der Waals surface area contributed by atoms with Crippen molar-refractivity contribution in [2.45, 2.75) is 142 Å². The molecule has 11 nitrogen and oxygen atoms in total. The molecule has 13 atom stereocenters. The Hall–Kier alpha value is -2.25. The highest BCUT2D eigenvalue weighted by atomic mass is 16.7. The van der Waals surface area contributed by atoms with Crippen molar-refractivity contribution in [3.8, 4) is 0 Å². The number of carbonyl (C=O) groups is 2. The van der Waals surface area contributed by atoms with Crippen molar-refractivity contribution in [3.05, 3.63) is 35.4 Å². The molecule has 0 aliphatic carbocycles. The van der Waals surface area contributed by atoms with Gasteiger partial charge in [-0.25, -0.2) is 0 Å². The zero-order valence-electron chi connectivity index (χ0n) is 31.7. The first-order valence-corrected chi connectivity index (χ1v) is 17.7. The molecule has 3 rings (SSSR count). The number of carbonyl (C=O) groups excluding carboxylic acids is 2. The Bertz CT molecular complexity index is 1280. The van der Waals surface area contributed by atoms with E-state index in [9.17, 15) is 24.9 Å². The summed E-state index contributed by atoms with van der Waals surface area (Å²) in [6, 6.07) is 7.80. The van der Waals surface area contributed by atoms with Gasteiger partial charge in [0.2, 0.25) is 0 Å². The highest BCUT2D eigenvalue weighted by Crippen LogP contribution is 2.38. The molecule has 2 aliphatic heterocycles. The van der Waals surface area contributed by atoms with E-state index in [0.29, 0.717) is 25.1 Å². The lowest BCUT2D eigenvalue weighted by molar-refractivity contribution is -0.295. The molecule has 2 fully saturated rings. The maximum atomic E-state index is 14.1. The average Bonchev–Trinajstić information content (AvgIpc) is 3.05. The van der Waals surface area contributed by atoms with Gasteiger partial charge in [0, 0.05) is 30.7 Å². The molecule has 49 heavy (non-hydrogen) atoms. The number of likely N-dealkylation sites (N-methyl/N-ethyl adjacent to an activating group) is 1. The number of aliphatic imine (C=N–C) groups is 1. The van der Waals surface area contributed by atoms with Crippen LogP contribution in [0.2, 0.25) is 0 Å². The Morgan fingerprint density at radius 2 is 1.63 bits per heavy atom. The van der Waals surface area contributed by atoms with E-state index in [-0.39, 0.29) is 24.5 Å². The average molecular weight is 691 g/mol. The fourth-order valence-corrected chi connectivity index (χ4v) is 7.62. The van der Waals surface area contributed by atoms with E-state index in [4.69, 9.17) is 23.9 Å². The number of cyclic esters (lactones) is 1.